The van der Waals surface area contributed by atoms with Gasteiger partial charge in [-0.05, 0) is 37.7 Å². The van der Waals surface area contributed by atoms with Crippen LogP contribution in [0.25, 0.3) is 0 Å². The summed E-state index contributed by atoms with van der Waals surface area (Å²) in [6.45, 7) is 8.89. The number of aliphatic hydroxyl groups is 1. The van der Waals surface area contributed by atoms with Gasteiger partial charge in [0.1, 0.15) is 11.6 Å². The molecule has 5 rings (SSSR count). The number of rotatable bonds is 11. The summed E-state index contributed by atoms with van der Waals surface area (Å²) in [5, 5.41) is 15.5. The molecule has 0 saturated carbocycles. The fraction of sp³-hybridized carbons (Fsp3) is 0.690. The number of amides is 3. The Morgan fingerprint density at radius 3 is 2.54 bits per heavy atom. The Bertz CT molecular complexity index is 1050. The molecule has 1 spiro atoms. The lowest BCUT2D eigenvalue weighted by Crippen LogP contribution is -2.56. The molecule has 1 aromatic rings. The Kier molecular flexibility index (Phi) is 8.28. The minimum absolute atomic E-state index is 0.00457. The van der Waals surface area contributed by atoms with E-state index in [0.29, 0.717) is 58.7 Å². The summed E-state index contributed by atoms with van der Waals surface area (Å²) >= 11 is 0. The summed E-state index contributed by atoms with van der Waals surface area (Å²) in [5.41, 5.74) is -0.920. The molecule has 10 nitrogen and oxygen atoms in total. The highest BCUT2D eigenvalue weighted by molar-refractivity contribution is 5.99. The number of fused-ring (bicyclic) bond motifs is 1. The molecule has 3 unspecified atom stereocenters. The third-order valence-corrected chi connectivity index (χ3v) is 9.29. The van der Waals surface area contributed by atoms with Crippen molar-refractivity contribution >= 4 is 17.7 Å². The Morgan fingerprint density at radius 2 is 1.82 bits per heavy atom. The van der Waals surface area contributed by atoms with Gasteiger partial charge in [-0.15, -0.1) is 0 Å². The lowest BCUT2D eigenvalue weighted by atomic mass is 9.62. The highest BCUT2D eigenvalue weighted by Crippen LogP contribution is 2.65. The fourth-order valence-corrected chi connectivity index (χ4v) is 7.23. The first kappa shape index (κ1) is 28.0. The van der Waals surface area contributed by atoms with Crippen molar-refractivity contribution in [2.24, 2.45) is 17.8 Å². The Morgan fingerprint density at radius 1 is 1.08 bits per heavy atom. The molecular weight excluding hydrogens is 500 g/mol. The monoisotopic (exact) mass is 542 g/mol. The van der Waals surface area contributed by atoms with Crippen LogP contribution in [0.3, 0.4) is 0 Å². The molecule has 2 bridgehead atoms. The Labute approximate surface area is 230 Å². The quantitative estimate of drug-likeness (QED) is 0.349. The molecule has 1 aromatic carbocycles. The van der Waals surface area contributed by atoms with E-state index in [0.717, 1.165) is 18.7 Å². The van der Waals surface area contributed by atoms with E-state index in [1.807, 2.05) is 37.3 Å². The summed E-state index contributed by atoms with van der Waals surface area (Å²) in [6.07, 6.45) is 1.64. The van der Waals surface area contributed by atoms with Gasteiger partial charge < -0.3 is 30.1 Å². The molecule has 3 N–H and O–H groups in total. The number of nitrogens with zero attached hydrogens (tertiary/aromatic N) is 2. The number of benzene rings is 1. The van der Waals surface area contributed by atoms with Crippen LogP contribution in [0.15, 0.2) is 30.3 Å². The number of morpholine rings is 1. The molecule has 0 aromatic heterocycles. The highest BCUT2D eigenvalue weighted by atomic mass is 16.5. The number of ether oxygens (including phenoxy) is 2. The molecule has 4 saturated heterocycles. The zero-order valence-electron chi connectivity index (χ0n) is 23.1. The van der Waals surface area contributed by atoms with E-state index in [-0.39, 0.29) is 30.2 Å². The lowest BCUT2D eigenvalue weighted by molar-refractivity contribution is -0.147. The second-order valence-corrected chi connectivity index (χ2v) is 11.6. The molecule has 214 valence electrons. The minimum atomic E-state index is -1.05. The van der Waals surface area contributed by atoms with E-state index in [2.05, 4.69) is 22.5 Å². The van der Waals surface area contributed by atoms with Crippen LogP contribution in [0.5, 0.6) is 0 Å². The first-order valence-electron chi connectivity index (χ1n) is 14.3. The predicted molar refractivity (Wildman–Crippen MR) is 143 cm³/mol. The van der Waals surface area contributed by atoms with E-state index in [1.54, 1.807) is 4.90 Å². The van der Waals surface area contributed by atoms with Gasteiger partial charge in [0.05, 0.1) is 30.7 Å². The second-order valence-electron chi connectivity index (χ2n) is 11.6. The summed E-state index contributed by atoms with van der Waals surface area (Å²) < 4.78 is 12.2. The molecule has 6 atom stereocenters. The van der Waals surface area contributed by atoms with Crippen LogP contribution in [-0.2, 0) is 30.4 Å². The molecule has 3 amide bonds. The van der Waals surface area contributed by atoms with Gasteiger partial charge in [0.25, 0.3) is 0 Å². The maximum Gasteiger partial charge on any atom is 0.245 e. The highest BCUT2D eigenvalue weighted by Gasteiger charge is 2.79. The SMILES string of the molecule is CC1CC23O[C@]1(C)[C@@H](C(=O)NCc1ccccc1)[C@H]2C(=O)N(CCCCO)C3C(=O)NCCN1CCOCC1. The fourth-order valence-electron chi connectivity index (χ4n) is 7.23. The molecule has 4 fully saturated rings. The summed E-state index contributed by atoms with van der Waals surface area (Å²) in [7, 11) is 0. The van der Waals surface area contributed by atoms with Gasteiger partial charge in [0.15, 0.2) is 0 Å². The average Bonchev–Trinajstić information content (AvgIpc) is 3.45. The third kappa shape index (κ3) is 5.08. The molecule has 10 heteroatoms. The van der Waals surface area contributed by atoms with E-state index in [4.69, 9.17) is 9.47 Å². The largest absolute Gasteiger partial charge is 0.396 e. The van der Waals surface area contributed by atoms with Gasteiger partial charge >= 0.3 is 0 Å². The van der Waals surface area contributed by atoms with Crippen molar-refractivity contribution in [2.45, 2.75) is 56.9 Å². The van der Waals surface area contributed by atoms with Crippen molar-refractivity contribution in [3.05, 3.63) is 35.9 Å². The summed E-state index contributed by atoms with van der Waals surface area (Å²) in [4.78, 5) is 45.5. The van der Waals surface area contributed by atoms with Crippen LogP contribution >= 0.6 is 0 Å². The molecule has 4 aliphatic rings. The van der Waals surface area contributed by atoms with E-state index < -0.39 is 29.1 Å². The van der Waals surface area contributed by atoms with Crippen LogP contribution in [0.4, 0.5) is 0 Å². The lowest BCUT2D eigenvalue weighted by Gasteiger charge is -2.36. The number of unbranched alkanes of at least 4 members (excludes halogenated alkanes) is 1. The van der Waals surface area contributed by atoms with Crippen molar-refractivity contribution < 1.29 is 29.0 Å². The molecule has 0 aliphatic carbocycles. The Balaban J connectivity index is 1.37. The van der Waals surface area contributed by atoms with Gasteiger partial charge in [-0.25, -0.2) is 0 Å². The van der Waals surface area contributed by atoms with Crippen molar-refractivity contribution in [2.75, 3.05) is 52.5 Å². The number of carbonyl (C=O) groups is 3. The van der Waals surface area contributed by atoms with Crippen LogP contribution < -0.4 is 10.6 Å². The first-order chi connectivity index (χ1) is 18.8. The maximum absolute atomic E-state index is 14.0. The number of likely N-dealkylation sites (tertiary alicyclic amines) is 1. The van der Waals surface area contributed by atoms with Crippen molar-refractivity contribution in [1.82, 2.24) is 20.4 Å². The van der Waals surface area contributed by atoms with Crippen LogP contribution in [0.2, 0.25) is 0 Å². The van der Waals surface area contributed by atoms with Crippen molar-refractivity contribution in [3.63, 3.8) is 0 Å². The van der Waals surface area contributed by atoms with Gasteiger partial charge in [-0.1, -0.05) is 37.3 Å². The summed E-state index contributed by atoms with van der Waals surface area (Å²) in [6, 6.07) is 8.86. The standard InChI is InChI=1S/C29H42N4O6/c1-20-18-29-23(22(28(20,2)39-29)25(35)31-19-21-8-4-3-5-9-21)27(37)33(11-6-7-15-34)24(29)26(36)30-10-12-32-13-16-38-17-14-32/h3-5,8-9,20,22-24,34H,6-7,10-19H2,1-2H3,(H,30,36)(H,31,35)/t20?,22-,23+,24?,28+,29?/m1/s1. The van der Waals surface area contributed by atoms with Crippen LogP contribution in [-0.4, -0.2) is 102 Å². The minimum Gasteiger partial charge on any atom is -0.396 e. The van der Waals surface area contributed by atoms with Gasteiger partial charge in [0, 0.05) is 45.9 Å². The predicted octanol–water partition coefficient (Wildman–Crippen LogP) is 0.534. The maximum atomic E-state index is 14.0. The van der Waals surface area contributed by atoms with Crippen LogP contribution in [0, 0.1) is 17.8 Å². The average molecular weight is 543 g/mol. The van der Waals surface area contributed by atoms with Crippen LogP contribution in [0.1, 0.15) is 38.7 Å². The molecule has 4 aliphatic heterocycles. The first-order valence-corrected chi connectivity index (χ1v) is 14.3. The Hall–Kier alpha value is -2.53. The zero-order valence-corrected chi connectivity index (χ0v) is 23.1. The second kappa shape index (κ2) is 11.5. The van der Waals surface area contributed by atoms with Crippen molar-refractivity contribution in [1.29, 1.82) is 0 Å². The van der Waals surface area contributed by atoms with Gasteiger partial charge in [0.2, 0.25) is 17.7 Å². The number of nitrogens with one attached hydrogen (secondary N) is 2. The van der Waals surface area contributed by atoms with E-state index in [9.17, 15) is 19.5 Å². The third-order valence-electron chi connectivity index (χ3n) is 9.29. The zero-order chi connectivity index (χ0) is 27.6. The molecule has 4 heterocycles. The number of aliphatic hydroxyl groups excluding tert-OH is 1. The van der Waals surface area contributed by atoms with E-state index in [1.165, 1.54) is 0 Å². The molecule has 39 heavy (non-hydrogen) atoms. The number of hydrogen-bond donors (Lipinski definition) is 3. The van der Waals surface area contributed by atoms with Crippen molar-refractivity contribution in [3.8, 4) is 0 Å². The number of hydrogen-bond acceptors (Lipinski definition) is 7. The molecular formula is C29H42N4O6. The van der Waals surface area contributed by atoms with E-state index >= 15 is 0 Å². The summed E-state index contributed by atoms with van der Waals surface area (Å²) in [5.74, 6) is -2.06. The topological polar surface area (TPSA) is 120 Å². The normalized spacial score (nSPS) is 33.8. The van der Waals surface area contributed by atoms with Gasteiger partial charge in [-0.2, -0.15) is 0 Å². The smallest absolute Gasteiger partial charge is 0.245 e. The van der Waals surface area contributed by atoms with Gasteiger partial charge in [-0.3, -0.25) is 19.3 Å². The molecule has 0 radical (unpaired) electrons. The number of carbonyl (C=O) groups excluding carboxylic acids is 3.